The summed E-state index contributed by atoms with van der Waals surface area (Å²) in [5.41, 5.74) is 2.57. The number of alkyl halides is 3. The molecule has 0 spiro atoms. The Hall–Kier alpha value is -3.04. The van der Waals surface area contributed by atoms with Crippen LogP contribution in [-0.2, 0) is 6.18 Å². The van der Waals surface area contributed by atoms with E-state index in [-0.39, 0.29) is 17.5 Å². The van der Waals surface area contributed by atoms with E-state index in [1.54, 1.807) is 13.2 Å². The molecular weight excluding hydrogens is 419 g/mol. The Labute approximate surface area is 176 Å². The number of unbranched alkanes of at least 4 members (excludes halogenated alkanes) is 3. The second-order valence-corrected chi connectivity index (χ2v) is 7.02. The highest BCUT2D eigenvalue weighted by atomic mass is 19.4. The molecule has 1 heterocycles. The topological polar surface area (TPSA) is 72.1 Å². The average molecular weight is 442 g/mol. The van der Waals surface area contributed by atoms with Crippen LogP contribution >= 0.6 is 0 Å². The molecule has 1 aromatic carbocycles. The van der Waals surface area contributed by atoms with Crippen molar-refractivity contribution in [3.8, 4) is 11.3 Å². The highest BCUT2D eigenvalue weighted by Gasteiger charge is 2.36. The van der Waals surface area contributed by atoms with E-state index in [1.165, 1.54) is 6.08 Å². The molecule has 0 unspecified atom stereocenters. The predicted octanol–water partition coefficient (Wildman–Crippen LogP) is 5.32. The zero-order valence-electron chi connectivity index (χ0n) is 17.1. The van der Waals surface area contributed by atoms with E-state index in [1.807, 2.05) is 4.90 Å². The SMILES string of the molecule is CCCCCCN(C)/C=C\c1cc(-c2cnc(C(F)(F)F)c(N)n2)c(F)c(F)c1C=O. The van der Waals surface area contributed by atoms with Gasteiger partial charge in [-0.3, -0.25) is 4.79 Å². The van der Waals surface area contributed by atoms with Crippen LogP contribution in [0.1, 0.15) is 54.2 Å². The van der Waals surface area contributed by atoms with Crippen LogP contribution in [0.5, 0.6) is 0 Å². The zero-order chi connectivity index (χ0) is 23.2. The number of anilines is 1. The third kappa shape index (κ3) is 5.99. The van der Waals surface area contributed by atoms with E-state index in [0.29, 0.717) is 6.20 Å². The molecule has 2 rings (SSSR count). The van der Waals surface area contributed by atoms with Crippen molar-refractivity contribution in [2.24, 2.45) is 0 Å². The van der Waals surface area contributed by atoms with Crippen LogP contribution in [0.15, 0.2) is 18.5 Å². The lowest BCUT2D eigenvalue weighted by molar-refractivity contribution is -0.140. The van der Waals surface area contributed by atoms with Crippen molar-refractivity contribution in [2.45, 2.75) is 38.8 Å². The number of nitrogen functional groups attached to an aromatic ring is 1. The summed E-state index contributed by atoms with van der Waals surface area (Å²) in [5, 5.41) is 0. The van der Waals surface area contributed by atoms with E-state index in [9.17, 15) is 26.7 Å². The van der Waals surface area contributed by atoms with Crippen LogP contribution in [-0.4, -0.2) is 34.7 Å². The lowest BCUT2D eigenvalue weighted by atomic mass is 10.0. The number of nitrogens with two attached hydrogens (primary N) is 1. The van der Waals surface area contributed by atoms with Gasteiger partial charge in [-0.1, -0.05) is 26.2 Å². The first kappa shape index (κ1) is 24.2. The average Bonchev–Trinajstić information content (AvgIpc) is 2.71. The molecule has 0 saturated heterocycles. The molecule has 0 atom stereocenters. The summed E-state index contributed by atoms with van der Waals surface area (Å²) >= 11 is 0. The van der Waals surface area contributed by atoms with Crippen LogP contribution in [0.2, 0.25) is 0 Å². The lowest BCUT2D eigenvalue weighted by Crippen LogP contribution is -2.13. The zero-order valence-corrected chi connectivity index (χ0v) is 17.1. The van der Waals surface area contributed by atoms with Crippen molar-refractivity contribution in [3.63, 3.8) is 0 Å². The fourth-order valence-electron chi connectivity index (χ4n) is 2.93. The van der Waals surface area contributed by atoms with Crippen molar-refractivity contribution in [2.75, 3.05) is 19.3 Å². The van der Waals surface area contributed by atoms with Crippen molar-refractivity contribution in [3.05, 3.63) is 46.9 Å². The maximum Gasteiger partial charge on any atom is 0.437 e. The van der Waals surface area contributed by atoms with Gasteiger partial charge in [0, 0.05) is 19.2 Å². The standard InChI is InChI=1S/C21H23F5N4O/c1-3-4-5-6-8-30(2)9-7-13-10-14(17(22)18(23)15(13)12-31)16-11-28-19(20(27)29-16)21(24,25)26/h7,9-12H,3-6,8H2,1-2H3,(H2,27,29)/b9-7-. The number of carbonyl (C=O) groups is 1. The molecule has 0 aliphatic heterocycles. The minimum atomic E-state index is -4.84. The molecule has 0 saturated carbocycles. The summed E-state index contributed by atoms with van der Waals surface area (Å²) < 4.78 is 67.5. The lowest BCUT2D eigenvalue weighted by Gasteiger charge is -2.14. The van der Waals surface area contributed by atoms with Gasteiger partial charge in [-0.15, -0.1) is 0 Å². The Bertz CT molecular complexity index is 960. The van der Waals surface area contributed by atoms with Crippen LogP contribution in [0.3, 0.4) is 0 Å². The number of nitrogens with zero attached hydrogens (tertiary/aromatic N) is 3. The van der Waals surface area contributed by atoms with Gasteiger partial charge < -0.3 is 10.6 Å². The van der Waals surface area contributed by atoms with Crippen LogP contribution in [0, 0.1) is 11.6 Å². The summed E-state index contributed by atoms with van der Waals surface area (Å²) in [6.07, 6.45) is 3.24. The molecule has 0 amide bonds. The summed E-state index contributed by atoms with van der Waals surface area (Å²) in [6.45, 7) is 2.82. The van der Waals surface area contributed by atoms with Gasteiger partial charge >= 0.3 is 6.18 Å². The molecule has 5 nitrogen and oxygen atoms in total. The number of carbonyl (C=O) groups excluding carboxylic acids is 1. The Morgan fingerprint density at radius 3 is 2.45 bits per heavy atom. The molecule has 31 heavy (non-hydrogen) atoms. The summed E-state index contributed by atoms with van der Waals surface area (Å²) in [5.74, 6) is -3.83. The van der Waals surface area contributed by atoms with E-state index >= 15 is 0 Å². The highest BCUT2D eigenvalue weighted by molar-refractivity contribution is 5.84. The van der Waals surface area contributed by atoms with Crippen LogP contribution in [0.4, 0.5) is 27.8 Å². The molecule has 168 valence electrons. The van der Waals surface area contributed by atoms with Crippen molar-refractivity contribution < 1.29 is 26.7 Å². The first-order valence-electron chi connectivity index (χ1n) is 9.65. The van der Waals surface area contributed by atoms with Crippen LogP contribution < -0.4 is 5.73 Å². The second-order valence-electron chi connectivity index (χ2n) is 7.02. The number of halogens is 5. The molecule has 2 aromatic rings. The summed E-state index contributed by atoms with van der Waals surface area (Å²) in [4.78, 5) is 19.9. The fraction of sp³-hybridized carbons (Fsp3) is 0.381. The minimum Gasteiger partial charge on any atom is -0.382 e. The van der Waals surface area contributed by atoms with Gasteiger partial charge in [-0.25, -0.2) is 18.7 Å². The predicted molar refractivity (Wildman–Crippen MR) is 108 cm³/mol. The molecule has 0 fully saturated rings. The van der Waals surface area contributed by atoms with Gasteiger partial charge in [0.05, 0.1) is 17.5 Å². The first-order valence-corrected chi connectivity index (χ1v) is 9.65. The van der Waals surface area contributed by atoms with E-state index in [0.717, 1.165) is 38.3 Å². The van der Waals surface area contributed by atoms with E-state index < -0.39 is 40.4 Å². The van der Waals surface area contributed by atoms with Crippen molar-refractivity contribution >= 4 is 18.2 Å². The Morgan fingerprint density at radius 1 is 1.16 bits per heavy atom. The molecule has 1 aromatic heterocycles. The Balaban J connectivity index is 2.41. The highest BCUT2D eigenvalue weighted by Crippen LogP contribution is 2.33. The second kappa shape index (κ2) is 10.3. The maximum absolute atomic E-state index is 14.5. The molecular formula is C21H23F5N4O. The normalized spacial score (nSPS) is 11.8. The molecule has 0 bridgehead atoms. The van der Waals surface area contributed by atoms with Gasteiger partial charge in [-0.2, -0.15) is 13.2 Å². The molecule has 0 aliphatic carbocycles. The van der Waals surface area contributed by atoms with E-state index in [2.05, 4.69) is 16.9 Å². The van der Waals surface area contributed by atoms with Crippen LogP contribution in [0.25, 0.3) is 17.3 Å². The smallest absolute Gasteiger partial charge is 0.382 e. The number of hydrogen-bond acceptors (Lipinski definition) is 5. The van der Waals surface area contributed by atoms with Gasteiger partial charge in [0.15, 0.2) is 29.4 Å². The van der Waals surface area contributed by atoms with Gasteiger partial charge in [0.2, 0.25) is 0 Å². The Morgan fingerprint density at radius 2 is 1.87 bits per heavy atom. The Kier molecular flexibility index (Phi) is 8.07. The molecule has 2 N–H and O–H groups in total. The number of rotatable bonds is 9. The monoisotopic (exact) mass is 442 g/mol. The van der Waals surface area contributed by atoms with Gasteiger partial charge in [0.25, 0.3) is 0 Å². The molecule has 0 radical (unpaired) electrons. The third-order valence-corrected chi connectivity index (χ3v) is 4.61. The fourth-order valence-corrected chi connectivity index (χ4v) is 2.93. The van der Waals surface area contributed by atoms with Crippen molar-refractivity contribution in [1.82, 2.24) is 14.9 Å². The third-order valence-electron chi connectivity index (χ3n) is 4.61. The minimum absolute atomic E-state index is 0.0459. The number of aldehydes is 1. The van der Waals surface area contributed by atoms with E-state index in [4.69, 9.17) is 5.73 Å². The first-order chi connectivity index (χ1) is 14.6. The number of benzene rings is 1. The van der Waals surface area contributed by atoms with Crippen molar-refractivity contribution in [1.29, 1.82) is 0 Å². The number of hydrogen-bond donors (Lipinski definition) is 1. The maximum atomic E-state index is 14.5. The molecule has 0 aliphatic rings. The largest absolute Gasteiger partial charge is 0.437 e. The van der Waals surface area contributed by atoms with Gasteiger partial charge in [0.1, 0.15) is 0 Å². The number of aromatic nitrogens is 2. The van der Waals surface area contributed by atoms with Gasteiger partial charge in [-0.05, 0) is 30.3 Å². The quantitative estimate of drug-likeness (QED) is 0.323. The summed E-state index contributed by atoms with van der Waals surface area (Å²) in [6, 6.07) is 1.13. The molecule has 10 heteroatoms. The summed E-state index contributed by atoms with van der Waals surface area (Å²) in [7, 11) is 1.80.